The largest absolute Gasteiger partial charge is 0.490 e. The molecule has 0 bridgehead atoms. The van der Waals surface area contributed by atoms with Crippen LogP contribution in [-0.4, -0.2) is 52.5 Å². The van der Waals surface area contributed by atoms with Gasteiger partial charge < -0.3 is 43.8 Å². The number of alkyl halides is 6. The van der Waals surface area contributed by atoms with Crippen molar-refractivity contribution in [1.29, 1.82) is 0 Å². The summed E-state index contributed by atoms with van der Waals surface area (Å²) in [5.41, 5.74) is 23.6. The zero-order valence-electron chi connectivity index (χ0n) is 18.7. The van der Waals surface area contributed by atoms with Crippen molar-refractivity contribution in [3.63, 3.8) is 0 Å². The number of hydrogen-bond donors (Lipinski definition) is 8. The number of carboxylic acids is 2. The normalized spacial score (nSPS) is 10.3. The van der Waals surface area contributed by atoms with Crippen LogP contribution < -0.4 is 33.6 Å². The second-order valence-electron chi connectivity index (χ2n) is 6.35. The van der Waals surface area contributed by atoms with Crippen LogP contribution in [0, 0.1) is 0 Å². The fourth-order valence-electron chi connectivity index (χ4n) is 1.83. The zero-order valence-corrected chi connectivity index (χ0v) is 18.7. The molecule has 0 unspecified atom stereocenters. The Morgan fingerprint density at radius 3 is 1.03 bits per heavy atom. The van der Waals surface area contributed by atoms with Crippen LogP contribution in [0.5, 0.6) is 0 Å². The minimum Gasteiger partial charge on any atom is -0.475 e. The van der Waals surface area contributed by atoms with E-state index in [1.54, 1.807) is 48.5 Å². The molecule has 0 fully saturated rings. The van der Waals surface area contributed by atoms with Crippen molar-refractivity contribution >= 4 is 52.6 Å². The van der Waals surface area contributed by atoms with Crippen molar-refractivity contribution in [3.05, 3.63) is 48.5 Å². The molecular formula is C19H20F6N8O5. The molecule has 0 saturated heterocycles. The fraction of sp³-hybridized carbons (Fsp3) is 0.105. The van der Waals surface area contributed by atoms with Crippen LogP contribution in [0.3, 0.4) is 0 Å². The third kappa shape index (κ3) is 14.9. The molecule has 0 aliphatic heterocycles. The number of anilines is 2. The predicted octanol–water partition coefficient (Wildman–Crippen LogP) is 2.41. The van der Waals surface area contributed by atoms with Gasteiger partial charge in [-0.1, -0.05) is 0 Å². The first kappa shape index (κ1) is 32.8. The van der Waals surface area contributed by atoms with Gasteiger partial charge in [-0.15, -0.1) is 0 Å². The first-order valence-corrected chi connectivity index (χ1v) is 9.39. The summed E-state index contributed by atoms with van der Waals surface area (Å²) < 4.78 is 63.5. The Kier molecular flexibility index (Phi) is 12.4. The summed E-state index contributed by atoms with van der Waals surface area (Å²) in [6, 6.07) is 13.1. The molecule has 0 aliphatic carbocycles. The van der Waals surface area contributed by atoms with Gasteiger partial charge in [0, 0.05) is 11.4 Å². The lowest BCUT2D eigenvalue weighted by Crippen LogP contribution is -2.22. The summed E-state index contributed by atoms with van der Waals surface area (Å²) in [4.78, 5) is 37.5. The molecule has 2 aromatic carbocycles. The Balaban J connectivity index is 0.000000804. The van der Waals surface area contributed by atoms with E-state index in [-0.39, 0.29) is 18.0 Å². The fourth-order valence-corrected chi connectivity index (χ4v) is 1.83. The summed E-state index contributed by atoms with van der Waals surface area (Å²) in [6.07, 6.45) is -10.2. The molecular weight excluding hydrogens is 534 g/mol. The number of nitrogens with one attached hydrogen (secondary N) is 2. The van der Waals surface area contributed by atoms with E-state index < -0.39 is 24.3 Å². The van der Waals surface area contributed by atoms with Gasteiger partial charge in [0.25, 0.3) is 0 Å². The second kappa shape index (κ2) is 14.4. The van der Waals surface area contributed by atoms with Gasteiger partial charge in [-0.2, -0.15) is 26.3 Å². The molecule has 0 aromatic heterocycles. The molecule has 38 heavy (non-hydrogen) atoms. The molecule has 19 heteroatoms. The van der Waals surface area contributed by atoms with Crippen LogP contribution in [0.2, 0.25) is 0 Å². The standard InChI is InChI=1S/C15H18N8O.2C2HF3O2/c16-13(17)20-9-1-5-11(6-2-9)22-15(24)23-12-7-3-10(4-8-12)21-14(18)19;2*3-2(4,5)1(6)7/h1-8H,(H4,16,17,20)(H4,18,19,21)(H2,22,23,24);2*(H,6,7). The number of halogens is 6. The van der Waals surface area contributed by atoms with E-state index in [1.165, 1.54) is 0 Å². The van der Waals surface area contributed by atoms with Crippen molar-refractivity contribution < 1.29 is 50.9 Å². The molecule has 208 valence electrons. The van der Waals surface area contributed by atoms with E-state index in [0.717, 1.165) is 0 Å². The van der Waals surface area contributed by atoms with Crippen LogP contribution in [0.1, 0.15) is 0 Å². The summed E-state index contributed by atoms with van der Waals surface area (Å²) in [6.45, 7) is 0. The molecule has 2 aromatic rings. The number of carboxylic acid groups (broad SMARTS) is 2. The molecule has 0 spiro atoms. The number of aliphatic imine (C=N–C) groups is 2. The average molecular weight is 554 g/mol. The molecule has 2 rings (SSSR count). The van der Waals surface area contributed by atoms with Crippen LogP contribution in [-0.2, 0) is 9.59 Å². The highest BCUT2D eigenvalue weighted by atomic mass is 19.4. The van der Waals surface area contributed by atoms with Crippen LogP contribution >= 0.6 is 0 Å². The van der Waals surface area contributed by atoms with E-state index in [2.05, 4.69) is 20.6 Å². The second-order valence-corrected chi connectivity index (χ2v) is 6.35. The molecule has 0 aliphatic rings. The zero-order chi connectivity index (χ0) is 29.7. The van der Waals surface area contributed by atoms with E-state index in [9.17, 15) is 31.1 Å². The van der Waals surface area contributed by atoms with Gasteiger partial charge in [-0.3, -0.25) is 0 Å². The summed E-state index contributed by atoms with van der Waals surface area (Å²) in [5.74, 6) is -5.57. The molecule has 0 heterocycles. The first-order valence-electron chi connectivity index (χ1n) is 9.39. The Labute approximate surface area is 208 Å². The van der Waals surface area contributed by atoms with Crippen LogP contribution in [0.15, 0.2) is 58.5 Å². The molecule has 0 saturated carbocycles. The Morgan fingerprint density at radius 2 is 0.842 bits per heavy atom. The number of aliphatic carboxylic acids is 2. The van der Waals surface area contributed by atoms with Gasteiger partial charge in [0.05, 0.1) is 11.4 Å². The highest BCUT2D eigenvalue weighted by Gasteiger charge is 2.38. The molecule has 13 nitrogen and oxygen atoms in total. The number of guanidine groups is 2. The number of nitrogens with zero attached hydrogens (tertiary/aromatic N) is 2. The lowest BCUT2D eigenvalue weighted by Gasteiger charge is -2.08. The molecule has 2 amide bonds. The van der Waals surface area contributed by atoms with Gasteiger partial charge in [0.1, 0.15) is 0 Å². The van der Waals surface area contributed by atoms with E-state index in [4.69, 9.17) is 42.7 Å². The van der Waals surface area contributed by atoms with Gasteiger partial charge in [-0.25, -0.2) is 24.4 Å². The number of urea groups is 1. The van der Waals surface area contributed by atoms with Gasteiger partial charge >= 0.3 is 30.3 Å². The maximum atomic E-state index is 11.9. The molecule has 0 atom stereocenters. The Bertz CT molecular complexity index is 1050. The monoisotopic (exact) mass is 554 g/mol. The highest BCUT2D eigenvalue weighted by molar-refractivity contribution is 6.00. The molecule has 12 N–H and O–H groups in total. The summed E-state index contributed by atoms with van der Waals surface area (Å²) in [7, 11) is 0. The minimum absolute atomic E-state index is 0.0300. The number of hydrogen-bond acceptors (Lipinski definition) is 5. The Hall–Kier alpha value is -5.23. The smallest absolute Gasteiger partial charge is 0.475 e. The number of carbonyl (C=O) groups is 3. The maximum absolute atomic E-state index is 11.9. The van der Waals surface area contributed by atoms with Gasteiger partial charge in [0.15, 0.2) is 11.9 Å². The lowest BCUT2D eigenvalue weighted by molar-refractivity contribution is -0.193. The summed E-state index contributed by atoms with van der Waals surface area (Å²) >= 11 is 0. The van der Waals surface area contributed by atoms with Crippen molar-refractivity contribution in [1.82, 2.24) is 0 Å². The van der Waals surface area contributed by atoms with E-state index >= 15 is 0 Å². The number of rotatable bonds is 4. The van der Waals surface area contributed by atoms with E-state index in [0.29, 0.717) is 22.7 Å². The number of nitrogens with two attached hydrogens (primary N) is 4. The quantitative estimate of drug-likeness (QED) is 0.157. The summed E-state index contributed by atoms with van der Waals surface area (Å²) in [5, 5.41) is 19.6. The predicted molar refractivity (Wildman–Crippen MR) is 124 cm³/mol. The lowest BCUT2D eigenvalue weighted by atomic mass is 10.3. The third-order valence-corrected chi connectivity index (χ3v) is 3.25. The number of amides is 2. The Morgan fingerprint density at radius 1 is 0.605 bits per heavy atom. The van der Waals surface area contributed by atoms with Crippen molar-refractivity contribution in [2.75, 3.05) is 10.6 Å². The van der Waals surface area contributed by atoms with Crippen molar-refractivity contribution in [3.8, 4) is 0 Å². The highest BCUT2D eigenvalue weighted by Crippen LogP contribution is 2.18. The SMILES string of the molecule is NC(N)=Nc1ccc(NC(=O)Nc2ccc(N=C(N)N)cc2)cc1.O=C(O)C(F)(F)F.O=C(O)C(F)(F)F. The maximum Gasteiger partial charge on any atom is 0.490 e. The topological polar surface area (TPSA) is 245 Å². The number of carbonyl (C=O) groups excluding carboxylic acids is 1. The van der Waals surface area contributed by atoms with Crippen molar-refractivity contribution in [2.24, 2.45) is 32.9 Å². The number of benzene rings is 2. The van der Waals surface area contributed by atoms with Gasteiger partial charge in [0.2, 0.25) is 0 Å². The van der Waals surface area contributed by atoms with Crippen molar-refractivity contribution in [2.45, 2.75) is 12.4 Å². The van der Waals surface area contributed by atoms with Crippen LogP contribution in [0.4, 0.5) is 53.9 Å². The molecule has 0 radical (unpaired) electrons. The third-order valence-electron chi connectivity index (χ3n) is 3.25. The van der Waals surface area contributed by atoms with Crippen LogP contribution in [0.25, 0.3) is 0 Å². The van der Waals surface area contributed by atoms with E-state index in [1.807, 2.05) is 0 Å². The van der Waals surface area contributed by atoms with Gasteiger partial charge in [-0.05, 0) is 48.5 Å². The average Bonchev–Trinajstić information content (AvgIpc) is 2.75. The minimum atomic E-state index is -5.08. The first-order chi connectivity index (χ1) is 17.3.